The predicted molar refractivity (Wildman–Crippen MR) is 111 cm³/mol. The van der Waals surface area contributed by atoms with Crippen LogP contribution in [-0.4, -0.2) is 63.6 Å². The summed E-state index contributed by atoms with van der Waals surface area (Å²) in [5.41, 5.74) is 6.58. The van der Waals surface area contributed by atoms with E-state index in [2.05, 4.69) is 42.3 Å². The van der Waals surface area contributed by atoms with Crippen molar-refractivity contribution in [2.45, 2.75) is 26.6 Å². The molecule has 166 valence electrons. The van der Waals surface area contributed by atoms with Gasteiger partial charge in [-0.2, -0.15) is 4.52 Å². The van der Waals surface area contributed by atoms with E-state index in [4.69, 9.17) is 10.5 Å². The summed E-state index contributed by atoms with van der Waals surface area (Å²) in [6, 6.07) is 3.00. The molecule has 0 aliphatic carbocycles. The summed E-state index contributed by atoms with van der Waals surface area (Å²) in [7, 11) is 0. The fourth-order valence-electron chi connectivity index (χ4n) is 3.33. The number of hydrogen-bond acceptors (Lipinski definition) is 8. The first-order chi connectivity index (χ1) is 15.0. The maximum Gasteiger partial charge on any atom is 0.586 e. The molecule has 0 bridgehead atoms. The minimum absolute atomic E-state index is 0.0369. The summed E-state index contributed by atoms with van der Waals surface area (Å²) in [5, 5.41) is 4.92. The molecule has 9 nitrogen and oxygen atoms in total. The number of ether oxygens (including phenoxy) is 3. The van der Waals surface area contributed by atoms with E-state index in [0.717, 1.165) is 32.8 Å². The molecule has 2 aromatic heterocycles. The highest BCUT2D eigenvalue weighted by Gasteiger charge is 2.44. The van der Waals surface area contributed by atoms with Crippen molar-refractivity contribution < 1.29 is 23.0 Å². The number of fused-ring (bicyclic) bond motifs is 5. The number of nitrogens with two attached hydrogens (primary N) is 1. The van der Waals surface area contributed by atoms with Crippen molar-refractivity contribution in [2.75, 3.05) is 38.6 Å². The number of terminal acetylenes is 1. The van der Waals surface area contributed by atoms with E-state index in [1.165, 1.54) is 10.6 Å². The van der Waals surface area contributed by atoms with Crippen LogP contribution < -0.4 is 15.2 Å². The van der Waals surface area contributed by atoms with Crippen molar-refractivity contribution in [3.05, 3.63) is 18.0 Å². The molecule has 4 heterocycles. The highest BCUT2D eigenvalue weighted by molar-refractivity contribution is 5.97. The maximum atomic E-state index is 13.4. The lowest BCUT2D eigenvalue weighted by molar-refractivity contribution is -0.286. The first kappa shape index (κ1) is 22.5. The van der Waals surface area contributed by atoms with Gasteiger partial charge in [-0.3, -0.25) is 4.90 Å². The molecule has 11 heteroatoms. The normalized spacial score (nSPS) is 17.0. The van der Waals surface area contributed by atoms with Crippen LogP contribution >= 0.6 is 0 Å². The van der Waals surface area contributed by atoms with Gasteiger partial charge in [-0.05, 0) is 12.1 Å². The summed E-state index contributed by atoms with van der Waals surface area (Å²) in [5.74, 6) is 0.403. The zero-order valence-electron chi connectivity index (χ0n) is 17.3. The molecule has 2 aliphatic heterocycles. The van der Waals surface area contributed by atoms with Gasteiger partial charge in [0.25, 0.3) is 0 Å². The van der Waals surface area contributed by atoms with E-state index in [1.807, 2.05) is 13.8 Å². The molecule has 3 aromatic rings. The van der Waals surface area contributed by atoms with Crippen molar-refractivity contribution in [3.8, 4) is 24.3 Å². The summed E-state index contributed by atoms with van der Waals surface area (Å²) < 4.78 is 42.6. The third-order valence-corrected chi connectivity index (χ3v) is 4.64. The molecule has 0 amide bonds. The van der Waals surface area contributed by atoms with Crippen LogP contribution in [0, 0.1) is 12.8 Å². The molecular weight excluding hydrogens is 410 g/mol. The molecule has 1 saturated heterocycles. The number of benzene rings is 1. The first-order valence-corrected chi connectivity index (χ1v) is 9.87. The Bertz CT molecular complexity index is 1080. The Labute approximate surface area is 178 Å². The minimum Gasteiger partial charge on any atom is -0.395 e. The topological polar surface area (TPSA) is 100 Å². The van der Waals surface area contributed by atoms with Crippen LogP contribution in [0.15, 0.2) is 12.1 Å². The van der Waals surface area contributed by atoms with Crippen molar-refractivity contribution in [2.24, 2.45) is 0 Å². The van der Waals surface area contributed by atoms with Gasteiger partial charge in [-0.15, -0.1) is 26.7 Å². The second-order valence-electron chi connectivity index (χ2n) is 6.39. The predicted octanol–water partition coefficient (Wildman–Crippen LogP) is 2.33. The van der Waals surface area contributed by atoms with Crippen molar-refractivity contribution in [3.63, 3.8) is 0 Å². The van der Waals surface area contributed by atoms with E-state index < -0.39 is 6.29 Å². The molecular formula is C20H24F2N6O3. The maximum absolute atomic E-state index is 13.4. The zero-order chi connectivity index (χ0) is 22.6. The summed E-state index contributed by atoms with van der Waals surface area (Å²) in [6.45, 7) is 7.98. The number of anilines is 1. The third kappa shape index (κ3) is 4.45. The van der Waals surface area contributed by atoms with Crippen LogP contribution in [0.4, 0.5) is 14.7 Å². The Kier molecular flexibility index (Phi) is 6.72. The van der Waals surface area contributed by atoms with E-state index in [1.54, 1.807) is 6.07 Å². The molecule has 2 N–H and O–H groups in total. The number of alkyl halides is 2. The van der Waals surface area contributed by atoms with Gasteiger partial charge in [-0.1, -0.05) is 13.8 Å². The smallest absolute Gasteiger partial charge is 0.395 e. The van der Waals surface area contributed by atoms with Crippen molar-refractivity contribution in [1.82, 2.24) is 24.5 Å². The molecule has 0 atom stereocenters. The number of rotatable bonds is 3. The van der Waals surface area contributed by atoms with Crippen molar-refractivity contribution >= 4 is 22.5 Å². The number of aromatic nitrogens is 4. The summed E-state index contributed by atoms with van der Waals surface area (Å²) in [6.07, 6.45) is 4.90. The second kappa shape index (κ2) is 9.28. The monoisotopic (exact) mass is 434 g/mol. The minimum atomic E-state index is -3.73. The van der Waals surface area contributed by atoms with Crippen LogP contribution in [0.3, 0.4) is 0 Å². The number of morpholine rings is 1. The van der Waals surface area contributed by atoms with Gasteiger partial charge in [0.05, 0.1) is 13.2 Å². The fourth-order valence-corrected chi connectivity index (χ4v) is 3.33. The number of nitrogens with zero attached hydrogens (tertiary/aromatic N) is 5. The van der Waals surface area contributed by atoms with Crippen LogP contribution in [0.5, 0.6) is 11.5 Å². The van der Waals surface area contributed by atoms with Crippen LogP contribution in [0.25, 0.3) is 16.6 Å². The molecule has 1 aromatic carbocycles. The number of nitrogen functional groups attached to an aromatic ring is 1. The van der Waals surface area contributed by atoms with Crippen LogP contribution in [0.2, 0.25) is 0 Å². The van der Waals surface area contributed by atoms with E-state index in [0.29, 0.717) is 23.3 Å². The van der Waals surface area contributed by atoms with E-state index >= 15 is 0 Å². The number of hydrogen-bond donors (Lipinski definition) is 1. The highest BCUT2D eigenvalue weighted by atomic mass is 19.3. The molecule has 31 heavy (non-hydrogen) atoms. The van der Waals surface area contributed by atoms with Crippen molar-refractivity contribution in [1.29, 1.82) is 0 Å². The third-order valence-electron chi connectivity index (χ3n) is 4.64. The zero-order valence-corrected chi connectivity index (χ0v) is 17.3. The fraction of sp³-hybridized carbons (Fsp3) is 0.450. The SMILES string of the molecule is C#C.CC.Nc1nc2c3c(ccc2c2nc(CCN4CCOCC4)nn12)OC(F)(F)O3. The average molecular weight is 434 g/mol. The van der Waals surface area contributed by atoms with E-state index in [-0.39, 0.29) is 23.0 Å². The largest absolute Gasteiger partial charge is 0.586 e. The molecule has 5 rings (SSSR count). The van der Waals surface area contributed by atoms with Crippen LogP contribution in [-0.2, 0) is 11.2 Å². The lowest BCUT2D eigenvalue weighted by Gasteiger charge is -2.25. The van der Waals surface area contributed by atoms with Gasteiger partial charge in [-0.25, -0.2) is 9.97 Å². The highest BCUT2D eigenvalue weighted by Crippen LogP contribution is 2.45. The van der Waals surface area contributed by atoms with Gasteiger partial charge < -0.3 is 19.9 Å². The molecule has 1 fully saturated rings. The lowest BCUT2D eigenvalue weighted by atomic mass is 10.2. The Hall–Kier alpha value is -3.23. The van der Waals surface area contributed by atoms with Gasteiger partial charge in [0, 0.05) is 31.4 Å². The van der Waals surface area contributed by atoms with Crippen LogP contribution in [0.1, 0.15) is 19.7 Å². The molecule has 2 aliphatic rings. The second-order valence-corrected chi connectivity index (χ2v) is 6.39. The van der Waals surface area contributed by atoms with Gasteiger partial charge in [0.1, 0.15) is 5.52 Å². The van der Waals surface area contributed by atoms with Gasteiger partial charge >= 0.3 is 6.29 Å². The lowest BCUT2D eigenvalue weighted by Crippen LogP contribution is -2.37. The molecule has 0 unspecified atom stereocenters. The summed E-state index contributed by atoms with van der Waals surface area (Å²) in [4.78, 5) is 11.0. The molecule has 0 radical (unpaired) electrons. The Morgan fingerprint density at radius 1 is 1.13 bits per heavy atom. The summed E-state index contributed by atoms with van der Waals surface area (Å²) >= 11 is 0. The Morgan fingerprint density at radius 3 is 2.55 bits per heavy atom. The average Bonchev–Trinajstić information content (AvgIpc) is 3.36. The Morgan fingerprint density at radius 2 is 1.84 bits per heavy atom. The number of halogens is 2. The Balaban J connectivity index is 0.000000645. The molecule has 0 saturated carbocycles. The first-order valence-electron chi connectivity index (χ1n) is 9.87. The van der Waals surface area contributed by atoms with Gasteiger partial charge in [0.15, 0.2) is 23.0 Å². The molecule has 0 spiro atoms. The van der Waals surface area contributed by atoms with Gasteiger partial charge in [0.2, 0.25) is 5.95 Å². The van der Waals surface area contributed by atoms with E-state index in [9.17, 15) is 8.78 Å². The standard InChI is InChI=1S/C16H16F2N6O3.C2H6.C2H2/c17-16(18)26-10-2-1-9-12(13(10)27-16)21-15(19)24-14(9)20-11(22-24)3-4-23-5-7-25-8-6-23;2*1-2/h1-2H,3-8H2,(H2,19,21);1-2H3;1-2H. The quantitative estimate of drug-likeness (QED) is 0.627.